The second kappa shape index (κ2) is 6.51. The van der Waals surface area contributed by atoms with E-state index in [4.69, 9.17) is 27.9 Å². The highest BCUT2D eigenvalue weighted by Gasteiger charge is 2.02. The van der Waals surface area contributed by atoms with E-state index in [1.807, 2.05) is 30.3 Å². The molecule has 2 aromatic rings. The lowest BCUT2D eigenvalue weighted by Gasteiger charge is -2.09. The van der Waals surface area contributed by atoms with Crippen LogP contribution in [0.15, 0.2) is 40.9 Å². The van der Waals surface area contributed by atoms with Gasteiger partial charge >= 0.3 is 0 Å². The van der Waals surface area contributed by atoms with E-state index in [1.54, 1.807) is 13.2 Å². The lowest BCUT2D eigenvalue weighted by molar-refractivity contribution is 0.412. The zero-order valence-electron chi connectivity index (χ0n) is 10.2. The van der Waals surface area contributed by atoms with Crippen LogP contribution in [0.25, 0.3) is 0 Å². The third kappa shape index (κ3) is 3.78. The molecule has 0 aliphatic rings. The quantitative estimate of drug-likeness (QED) is 0.790. The van der Waals surface area contributed by atoms with Crippen molar-refractivity contribution in [3.63, 3.8) is 0 Å². The fraction of sp³-hybridized carbons (Fsp3) is 0.143. The summed E-state index contributed by atoms with van der Waals surface area (Å²) in [7, 11) is 1.65. The van der Waals surface area contributed by atoms with Gasteiger partial charge in [0.15, 0.2) is 0 Å². The van der Waals surface area contributed by atoms with Crippen LogP contribution in [0.3, 0.4) is 0 Å². The highest BCUT2D eigenvalue weighted by Crippen LogP contribution is 2.27. The molecule has 5 heteroatoms. The number of methoxy groups -OCH3 is 1. The Balaban J connectivity index is 2.05. The van der Waals surface area contributed by atoms with Gasteiger partial charge in [-0.2, -0.15) is 0 Å². The van der Waals surface area contributed by atoms with E-state index in [9.17, 15) is 0 Å². The maximum Gasteiger partial charge on any atom is 0.133 e. The molecule has 1 N–H and O–H groups in total. The van der Waals surface area contributed by atoms with Crippen molar-refractivity contribution in [1.82, 2.24) is 0 Å². The topological polar surface area (TPSA) is 21.3 Å². The minimum atomic E-state index is 0.544. The summed E-state index contributed by atoms with van der Waals surface area (Å²) in [6.07, 6.45) is 0. The zero-order valence-corrected chi connectivity index (χ0v) is 13.3. The minimum Gasteiger partial charge on any atom is -0.496 e. The van der Waals surface area contributed by atoms with Crippen molar-refractivity contribution >= 4 is 44.8 Å². The largest absolute Gasteiger partial charge is 0.496 e. The Morgan fingerprint density at radius 1 is 1.11 bits per heavy atom. The van der Waals surface area contributed by atoms with Crippen LogP contribution in [0.4, 0.5) is 5.69 Å². The molecule has 0 saturated heterocycles. The first-order chi connectivity index (χ1) is 9.10. The van der Waals surface area contributed by atoms with Gasteiger partial charge in [-0.3, -0.25) is 0 Å². The van der Waals surface area contributed by atoms with Gasteiger partial charge < -0.3 is 10.1 Å². The molecule has 0 spiro atoms. The molecule has 0 aliphatic carbocycles. The summed E-state index contributed by atoms with van der Waals surface area (Å²) in [5.74, 6) is 0.818. The van der Waals surface area contributed by atoms with Gasteiger partial charge in [0.1, 0.15) is 5.75 Å². The lowest BCUT2D eigenvalue weighted by atomic mass is 10.2. The number of hydrogen-bond donors (Lipinski definition) is 1. The van der Waals surface area contributed by atoms with E-state index in [1.165, 1.54) is 0 Å². The predicted molar refractivity (Wildman–Crippen MR) is 84.5 cm³/mol. The first-order valence-electron chi connectivity index (χ1n) is 5.61. The fourth-order valence-electron chi connectivity index (χ4n) is 1.63. The van der Waals surface area contributed by atoms with Crippen molar-refractivity contribution in [3.8, 4) is 5.75 Å². The molecule has 0 atom stereocenters. The molecule has 0 aromatic heterocycles. The highest BCUT2D eigenvalue weighted by molar-refractivity contribution is 9.10. The van der Waals surface area contributed by atoms with Crippen LogP contribution >= 0.6 is 39.1 Å². The molecular weight excluding hydrogens is 349 g/mol. The summed E-state index contributed by atoms with van der Waals surface area (Å²) in [6, 6.07) is 11.4. The van der Waals surface area contributed by atoms with Crippen LogP contribution in [0, 0.1) is 0 Å². The number of ether oxygens (including phenoxy) is 1. The van der Waals surface area contributed by atoms with Crippen molar-refractivity contribution in [2.24, 2.45) is 0 Å². The summed E-state index contributed by atoms with van der Waals surface area (Å²) in [4.78, 5) is 0. The monoisotopic (exact) mass is 359 g/mol. The number of nitrogens with one attached hydrogen (secondary N) is 1. The van der Waals surface area contributed by atoms with Gasteiger partial charge in [-0.15, -0.1) is 0 Å². The van der Waals surface area contributed by atoms with E-state index in [-0.39, 0.29) is 0 Å². The molecule has 0 unspecified atom stereocenters. The number of anilines is 1. The average molecular weight is 361 g/mol. The Labute approximate surface area is 130 Å². The molecule has 0 radical (unpaired) electrons. The molecule has 0 fully saturated rings. The lowest BCUT2D eigenvalue weighted by Crippen LogP contribution is -1.99. The fourth-order valence-corrected chi connectivity index (χ4v) is 2.52. The number of hydrogen-bond acceptors (Lipinski definition) is 2. The molecule has 2 rings (SSSR count). The summed E-state index contributed by atoms with van der Waals surface area (Å²) in [5, 5.41) is 4.39. The standard InChI is InChI=1S/C14H12BrCl2NO/c1-19-14-5-2-9(6-11(14)15)8-18-10-3-4-12(16)13(17)7-10/h2-7,18H,8H2,1H3. The average Bonchev–Trinajstić information content (AvgIpc) is 2.40. The third-order valence-electron chi connectivity index (χ3n) is 2.63. The predicted octanol–water partition coefficient (Wildman–Crippen LogP) is 5.38. The van der Waals surface area contributed by atoms with Crippen molar-refractivity contribution in [1.29, 1.82) is 0 Å². The molecule has 0 heterocycles. The van der Waals surface area contributed by atoms with Crippen LogP contribution in [0.2, 0.25) is 10.0 Å². The molecule has 0 saturated carbocycles. The van der Waals surface area contributed by atoms with Crippen molar-refractivity contribution < 1.29 is 4.74 Å². The van der Waals surface area contributed by atoms with E-state index in [2.05, 4.69) is 21.2 Å². The Morgan fingerprint density at radius 3 is 2.53 bits per heavy atom. The van der Waals surface area contributed by atoms with Crippen LogP contribution in [-0.4, -0.2) is 7.11 Å². The summed E-state index contributed by atoms with van der Waals surface area (Å²) < 4.78 is 6.13. The normalized spacial score (nSPS) is 10.3. The van der Waals surface area contributed by atoms with Crippen molar-refractivity contribution in [2.45, 2.75) is 6.54 Å². The van der Waals surface area contributed by atoms with Gasteiger partial charge in [0, 0.05) is 12.2 Å². The molecule has 0 aliphatic heterocycles. The van der Waals surface area contributed by atoms with Crippen LogP contribution in [0.5, 0.6) is 5.75 Å². The maximum atomic E-state index is 5.96. The second-order valence-electron chi connectivity index (χ2n) is 3.95. The first kappa shape index (κ1) is 14.5. The van der Waals surface area contributed by atoms with Crippen molar-refractivity contribution in [3.05, 3.63) is 56.5 Å². The van der Waals surface area contributed by atoms with E-state index >= 15 is 0 Å². The zero-order chi connectivity index (χ0) is 13.8. The molecule has 2 aromatic carbocycles. The first-order valence-corrected chi connectivity index (χ1v) is 7.16. The Hall–Kier alpha value is -0.900. The van der Waals surface area contributed by atoms with Gasteiger partial charge in [-0.25, -0.2) is 0 Å². The van der Waals surface area contributed by atoms with E-state index in [0.717, 1.165) is 21.5 Å². The smallest absolute Gasteiger partial charge is 0.133 e. The second-order valence-corrected chi connectivity index (χ2v) is 5.62. The van der Waals surface area contributed by atoms with Gasteiger partial charge in [-0.1, -0.05) is 29.3 Å². The van der Waals surface area contributed by atoms with Crippen LogP contribution in [-0.2, 0) is 6.54 Å². The molecule has 100 valence electrons. The van der Waals surface area contributed by atoms with Gasteiger partial charge in [0.05, 0.1) is 21.6 Å². The summed E-state index contributed by atoms with van der Waals surface area (Å²) >= 11 is 15.3. The van der Waals surface area contributed by atoms with Gasteiger partial charge in [0.25, 0.3) is 0 Å². The Morgan fingerprint density at radius 2 is 1.89 bits per heavy atom. The van der Waals surface area contributed by atoms with Gasteiger partial charge in [0.2, 0.25) is 0 Å². The Kier molecular flexibility index (Phi) is 4.97. The maximum absolute atomic E-state index is 5.96. The molecule has 2 nitrogen and oxygen atoms in total. The van der Waals surface area contributed by atoms with Crippen LogP contribution < -0.4 is 10.1 Å². The third-order valence-corrected chi connectivity index (χ3v) is 3.99. The minimum absolute atomic E-state index is 0.544. The molecular formula is C14H12BrCl2NO. The molecule has 0 amide bonds. The SMILES string of the molecule is COc1ccc(CNc2ccc(Cl)c(Cl)c2)cc1Br. The molecule has 0 bridgehead atoms. The summed E-state index contributed by atoms with van der Waals surface area (Å²) in [5.41, 5.74) is 2.07. The Bertz CT molecular complexity index is 590. The number of benzene rings is 2. The van der Waals surface area contributed by atoms with Crippen LogP contribution in [0.1, 0.15) is 5.56 Å². The molecule has 19 heavy (non-hydrogen) atoms. The van der Waals surface area contributed by atoms with Gasteiger partial charge in [-0.05, 0) is 51.8 Å². The summed E-state index contributed by atoms with van der Waals surface area (Å²) in [6.45, 7) is 0.695. The number of rotatable bonds is 4. The highest BCUT2D eigenvalue weighted by atomic mass is 79.9. The number of halogens is 3. The van der Waals surface area contributed by atoms with Crippen molar-refractivity contribution in [2.75, 3.05) is 12.4 Å². The van der Waals surface area contributed by atoms with E-state index in [0.29, 0.717) is 16.6 Å². The van der Waals surface area contributed by atoms with E-state index < -0.39 is 0 Å².